The zero-order valence-electron chi connectivity index (χ0n) is 8.05. The molecule has 0 N–H and O–H groups in total. The van der Waals surface area contributed by atoms with Crippen LogP contribution >= 0.6 is 11.8 Å². The highest BCUT2D eigenvalue weighted by Crippen LogP contribution is 2.39. The Morgan fingerprint density at radius 3 is 2.69 bits per heavy atom. The van der Waals surface area contributed by atoms with Gasteiger partial charge in [0.05, 0.1) is 5.25 Å². The van der Waals surface area contributed by atoms with Crippen LogP contribution in [0.1, 0.15) is 28.4 Å². The van der Waals surface area contributed by atoms with E-state index in [0.29, 0.717) is 0 Å². The zero-order chi connectivity index (χ0) is 9.59. The Kier molecular flexibility index (Phi) is 1.95. The van der Waals surface area contributed by atoms with Gasteiger partial charge in [0.2, 0.25) is 0 Å². The highest BCUT2D eigenvalue weighted by Gasteiger charge is 2.28. The Morgan fingerprint density at radius 1 is 1.31 bits per heavy atom. The van der Waals surface area contributed by atoms with Crippen LogP contribution in [0.3, 0.4) is 0 Å². The molecule has 1 atom stereocenters. The third-order valence-electron chi connectivity index (χ3n) is 2.35. The number of ketones is 1. The second kappa shape index (κ2) is 2.88. The molecule has 13 heavy (non-hydrogen) atoms. The lowest BCUT2D eigenvalue weighted by Crippen LogP contribution is -2.05. The molecule has 0 aromatic heterocycles. The SMILES string of the molecule is Cc1cc(C)c2c(c1)C(=O)C(C)S2. The molecule has 68 valence electrons. The first-order valence-electron chi connectivity index (χ1n) is 4.41. The molecule has 0 amide bonds. The van der Waals surface area contributed by atoms with E-state index in [0.717, 1.165) is 5.56 Å². The summed E-state index contributed by atoms with van der Waals surface area (Å²) in [6.07, 6.45) is 0. The molecule has 0 saturated carbocycles. The van der Waals surface area contributed by atoms with Crippen molar-refractivity contribution in [2.45, 2.75) is 30.9 Å². The zero-order valence-corrected chi connectivity index (χ0v) is 8.87. The van der Waals surface area contributed by atoms with Crippen LogP contribution < -0.4 is 0 Å². The lowest BCUT2D eigenvalue weighted by molar-refractivity contribution is 0.0995. The minimum atomic E-state index is 0.107. The van der Waals surface area contributed by atoms with Gasteiger partial charge in [-0.15, -0.1) is 11.8 Å². The molecule has 0 radical (unpaired) electrons. The fourth-order valence-corrected chi connectivity index (χ4v) is 2.86. The Labute approximate surface area is 82.5 Å². The first-order chi connectivity index (χ1) is 6.09. The molecule has 1 aromatic rings. The van der Waals surface area contributed by atoms with E-state index in [1.165, 1.54) is 16.0 Å². The molecule has 1 aliphatic rings. The normalized spacial score (nSPS) is 20.5. The van der Waals surface area contributed by atoms with Crippen LogP contribution in [-0.4, -0.2) is 11.0 Å². The van der Waals surface area contributed by atoms with E-state index in [1.807, 2.05) is 19.9 Å². The van der Waals surface area contributed by atoms with Crippen LogP contribution in [0.15, 0.2) is 17.0 Å². The standard InChI is InChI=1S/C11H12OS/c1-6-4-7(2)11-9(5-6)10(12)8(3)13-11/h4-5,8H,1-3H3. The first kappa shape index (κ1) is 8.82. The molecule has 1 unspecified atom stereocenters. The summed E-state index contributed by atoms with van der Waals surface area (Å²) in [6, 6.07) is 4.14. The maximum absolute atomic E-state index is 11.7. The highest BCUT2D eigenvalue weighted by molar-refractivity contribution is 8.01. The predicted molar refractivity (Wildman–Crippen MR) is 55.6 cm³/mol. The topological polar surface area (TPSA) is 17.1 Å². The van der Waals surface area contributed by atoms with E-state index in [4.69, 9.17) is 0 Å². The number of Topliss-reactive ketones (excluding diaryl/α,β-unsaturated/α-hetero) is 1. The van der Waals surface area contributed by atoms with Crippen molar-refractivity contribution in [3.63, 3.8) is 0 Å². The van der Waals surface area contributed by atoms with Crippen LogP contribution in [0.25, 0.3) is 0 Å². The number of hydrogen-bond donors (Lipinski definition) is 0. The molecule has 0 fully saturated rings. The summed E-state index contributed by atoms with van der Waals surface area (Å²) in [5.74, 6) is 0.284. The summed E-state index contributed by atoms with van der Waals surface area (Å²) in [5.41, 5.74) is 3.34. The summed E-state index contributed by atoms with van der Waals surface area (Å²) in [6.45, 7) is 6.08. The van der Waals surface area contributed by atoms with Crippen LogP contribution in [0, 0.1) is 13.8 Å². The van der Waals surface area contributed by atoms with E-state index in [-0.39, 0.29) is 11.0 Å². The van der Waals surface area contributed by atoms with Crippen molar-refractivity contribution in [1.29, 1.82) is 0 Å². The summed E-state index contributed by atoms with van der Waals surface area (Å²) < 4.78 is 0. The molecule has 1 heterocycles. The molecule has 0 aliphatic carbocycles. The Hall–Kier alpha value is -0.760. The highest BCUT2D eigenvalue weighted by atomic mass is 32.2. The van der Waals surface area contributed by atoms with Gasteiger partial charge < -0.3 is 0 Å². The number of benzene rings is 1. The molecule has 2 heteroatoms. The molecule has 0 bridgehead atoms. The fourth-order valence-electron chi connectivity index (χ4n) is 1.74. The van der Waals surface area contributed by atoms with Gasteiger partial charge in [-0.2, -0.15) is 0 Å². The quantitative estimate of drug-likeness (QED) is 0.628. The lowest BCUT2D eigenvalue weighted by atomic mass is 10.0. The van der Waals surface area contributed by atoms with Gasteiger partial charge in [0.25, 0.3) is 0 Å². The molecule has 0 spiro atoms. The van der Waals surface area contributed by atoms with Crippen LogP contribution in [0.2, 0.25) is 0 Å². The van der Waals surface area contributed by atoms with Gasteiger partial charge in [-0.1, -0.05) is 11.6 Å². The van der Waals surface area contributed by atoms with E-state index in [9.17, 15) is 4.79 Å². The minimum Gasteiger partial charge on any atom is -0.293 e. The Balaban J connectivity index is 2.64. The van der Waals surface area contributed by atoms with Gasteiger partial charge in [0.1, 0.15) is 0 Å². The van der Waals surface area contributed by atoms with Crippen molar-refractivity contribution < 1.29 is 4.79 Å². The second-order valence-corrected chi connectivity index (χ2v) is 4.93. The van der Waals surface area contributed by atoms with Gasteiger partial charge in [-0.05, 0) is 32.4 Å². The van der Waals surface area contributed by atoms with Crippen molar-refractivity contribution in [2.75, 3.05) is 0 Å². The van der Waals surface area contributed by atoms with Crippen molar-refractivity contribution in [3.05, 3.63) is 28.8 Å². The molecular formula is C11H12OS. The maximum Gasteiger partial charge on any atom is 0.177 e. The second-order valence-electron chi connectivity index (χ2n) is 3.58. The van der Waals surface area contributed by atoms with Gasteiger partial charge in [0, 0.05) is 10.5 Å². The molecule has 0 saturated heterocycles. The van der Waals surface area contributed by atoms with E-state index >= 15 is 0 Å². The van der Waals surface area contributed by atoms with Crippen molar-refractivity contribution in [2.24, 2.45) is 0 Å². The van der Waals surface area contributed by atoms with Gasteiger partial charge in [0.15, 0.2) is 5.78 Å². The number of fused-ring (bicyclic) bond motifs is 1. The Morgan fingerprint density at radius 2 is 2.00 bits per heavy atom. The van der Waals surface area contributed by atoms with Gasteiger partial charge >= 0.3 is 0 Å². The summed E-state index contributed by atoms with van der Waals surface area (Å²) in [4.78, 5) is 12.9. The van der Waals surface area contributed by atoms with Crippen molar-refractivity contribution in [3.8, 4) is 0 Å². The van der Waals surface area contributed by atoms with Crippen LogP contribution in [-0.2, 0) is 0 Å². The average Bonchev–Trinajstić information content (AvgIpc) is 2.32. The van der Waals surface area contributed by atoms with E-state index < -0.39 is 0 Å². The minimum absolute atomic E-state index is 0.107. The van der Waals surface area contributed by atoms with E-state index in [2.05, 4.69) is 13.0 Å². The number of carbonyl (C=O) groups is 1. The smallest absolute Gasteiger partial charge is 0.177 e. The van der Waals surface area contributed by atoms with Gasteiger partial charge in [-0.25, -0.2) is 0 Å². The average molecular weight is 192 g/mol. The lowest BCUT2D eigenvalue weighted by Gasteiger charge is -2.02. The molecule has 1 aliphatic heterocycles. The molecule has 1 nitrogen and oxygen atoms in total. The molecular weight excluding hydrogens is 180 g/mol. The Bertz CT molecular complexity index is 382. The largest absolute Gasteiger partial charge is 0.293 e. The van der Waals surface area contributed by atoms with Crippen LogP contribution in [0.4, 0.5) is 0 Å². The van der Waals surface area contributed by atoms with Crippen LogP contribution in [0.5, 0.6) is 0 Å². The number of carbonyl (C=O) groups excluding carboxylic acids is 1. The summed E-state index contributed by atoms with van der Waals surface area (Å²) in [5, 5.41) is 0.107. The maximum atomic E-state index is 11.7. The number of hydrogen-bond acceptors (Lipinski definition) is 2. The predicted octanol–water partition coefficient (Wildman–Crippen LogP) is 2.98. The molecule has 1 aromatic carbocycles. The monoisotopic (exact) mass is 192 g/mol. The first-order valence-corrected chi connectivity index (χ1v) is 5.29. The third-order valence-corrected chi connectivity index (χ3v) is 3.69. The van der Waals surface area contributed by atoms with Crippen molar-refractivity contribution >= 4 is 17.5 Å². The van der Waals surface area contributed by atoms with Crippen molar-refractivity contribution in [1.82, 2.24) is 0 Å². The number of aryl methyl sites for hydroxylation is 2. The number of rotatable bonds is 0. The number of thioether (sulfide) groups is 1. The van der Waals surface area contributed by atoms with Gasteiger partial charge in [-0.3, -0.25) is 4.79 Å². The third kappa shape index (κ3) is 1.29. The summed E-state index contributed by atoms with van der Waals surface area (Å²) >= 11 is 1.68. The molecule has 2 rings (SSSR count). The van der Waals surface area contributed by atoms with E-state index in [1.54, 1.807) is 11.8 Å². The fraction of sp³-hybridized carbons (Fsp3) is 0.364. The summed E-state index contributed by atoms with van der Waals surface area (Å²) in [7, 11) is 0.